The summed E-state index contributed by atoms with van der Waals surface area (Å²) in [5.41, 5.74) is 2.65. The summed E-state index contributed by atoms with van der Waals surface area (Å²) in [5.74, 6) is 0. The Labute approximate surface area is 261 Å². The van der Waals surface area contributed by atoms with Crippen LogP contribution in [0.1, 0.15) is 59.6 Å². The SMILES string of the molecule is CCN(c1cc(-c2ccc(CN3CCOCC3)nc2)cc(C(O)NCc2c(C(F)(F)F)cc(C)[nH]c2=O)c1C)C1CCOCC1. The van der Waals surface area contributed by atoms with E-state index in [1.807, 2.05) is 31.3 Å². The number of H-pyrrole nitrogens is 1. The number of benzene rings is 1. The van der Waals surface area contributed by atoms with Gasteiger partial charge in [-0.1, -0.05) is 6.07 Å². The van der Waals surface area contributed by atoms with Crippen LogP contribution in [0.4, 0.5) is 18.9 Å². The third kappa shape index (κ3) is 7.93. The lowest BCUT2D eigenvalue weighted by molar-refractivity contribution is -0.138. The van der Waals surface area contributed by atoms with Crippen LogP contribution >= 0.6 is 0 Å². The molecule has 9 nitrogen and oxygen atoms in total. The lowest BCUT2D eigenvalue weighted by Crippen LogP contribution is -2.40. The first-order valence-corrected chi connectivity index (χ1v) is 15.5. The Morgan fingerprint density at radius 2 is 1.80 bits per heavy atom. The molecule has 2 aliphatic rings. The third-order valence-electron chi connectivity index (χ3n) is 8.69. The predicted octanol–water partition coefficient (Wildman–Crippen LogP) is 4.69. The van der Waals surface area contributed by atoms with E-state index < -0.39 is 35.6 Å². The van der Waals surface area contributed by atoms with Crippen LogP contribution in [0, 0.1) is 13.8 Å². The van der Waals surface area contributed by atoms with Gasteiger partial charge in [-0.25, -0.2) is 0 Å². The van der Waals surface area contributed by atoms with Crippen molar-refractivity contribution in [2.75, 3.05) is 51.0 Å². The third-order valence-corrected chi connectivity index (χ3v) is 8.69. The maximum Gasteiger partial charge on any atom is 0.416 e. The first kappa shape index (κ1) is 33.1. The normalized spacial score (nSPS) is 17.4. The molecule has 1 atom stereocenters. The molecule has 4 heterocycles. The van der Waals surface area contributed by atoms with E-state index in [4.69, 9.17) is 14.5 Å². The van der Waals surface area contributed by atoms with E-state index in [0.717, 1.165) is 73.2 Å². The van der Waals surface area contributed by atoms with Gasteiger partial charge in [0.15, 0.2) is 0 Å². The molecule has 1 aromatic carbocycles. The number of hydrogen-bond acceptors (Lipinski definition) is 8. The molecule has 0 spiro atoms. The monoisotopic (exact) mass is 629 g/mol. The maximum atomic E-state index is 13.8. The molecule has 0 amide bonds. The molecule has 0 saturated carbocycles. The Kier molecular flexibility index (Phi) is 10.6. The predicted molar refractivity (Wildman–Crippen MR) is 166 cm³/mol. The van der Waals surface area contributed by atoms with E-state index in [0.29, 0.717) is 32.0 Å². The number of ether oxygens (including phenoxy) is 2. The second kappa shape index (κ2) is 14.4. The van der Waals surface area contributed by atoms with E-state index in [2.05, 4.69) is 33.1 Å². The number of halogens is 3. The highest BCUT2D eigenvalue weighted by molar-refractivity contribution is 5.72. The van der Waals surface area contributed by atoms with Gasteiger partial charge < -0.3 is 24.5 Å². The van der Waals surface area contributed by atoms with Gasteiger partial charge >= 0.3 is 6.18 Å². The summed E-state index contributed by atoms with van der Waals surface area (Å²) in [7, 11) is 0. The van der Waals surface area contributed by atoms with Crippen molar-refractivity contribution in [2.24, 2.45) is 0 Å². The fourth-order valence-corrected chi connectivity index (χ4v) is 6.22. The number of anilines is 1. The quantitative estimate of drug-likeness (QED) is 0.278. The Balaban J connectivity index is 1.48. The zero-order chi connectivity index (χ0) is 32.1. The van der Waals surface area contributed by atoms with Gasteiger partial charge in [0.2, 0.25) is 0 Å². The molecule has 2 aliphatic heterocycles. The molecule has 2 saturated heterocycles. The van der Waals surface area contributed by atoms with Crippen LogP contribution in [0.2, 0.25) is 0 Å². The average Bonchev–Trinajstić information content (AvgIpc) is 3.02. The fourth-order valence-electron chi connectivity index (χ4n) is 6.22. The minimum Gasteiger partial charge on any atom is -0.381 e. The van der Waals surface area contributed by atoms with E-state index in [1.54, 1.807) is 0 Å². The second-order valence-corrected chi connectivity index (χ2v) is 11.7. The minimum atomic E-state index is -4.71. The smallest absolute Gasteiger partial charge is 0.381 e. The van der Waals surface area contributed by atoms with Gasteiger partial charge in [-0.15, -0.1) is 0 Å². The van der Waals surface area contributed by atoms with E-state index in [1.165, 1.54) is 6.92 Å². The van der Waals surface area contributed by atoms with Crippen LogP contribution < -0.4 is 15.8 Å². The maximum absolute atomic E-state index is 13.8. The first-order chi connectivity index (χ1) is 21.5. The highest BCUT2D eigenvalue weighted by atomic mass is 19.4. The lowest BCUT2D eigenvalue weighted by atomic mass is 9.95. The number of aromatic amines is 1. The molecular weight excluding hydrogens is 587 g/mol. The molecule has 12 heteroatoms. The zero-order valence-corrected chi connectivity index (χ0v) is 26.0. The summed E-state index contributed by atoms with van der Waals surface area (Å²) in [4.78, 5) is 24.3. The summed E-state index contributed by atoms with van der Waals surface area (Å²) < 4.78 is 52.5. The topological polar surface area (TPSA) is 103 Å². The fraction of sp³-hybridized carbons (Fsp3) is 0.515. The Bertz CT molecular complexity index is 1500. The van der Waals surface area contributed by atoms with E-state index >= 15 is 0 Å². The summed E-state index contributed by atoms with van der Waals surface area (Å²) in [5, 5.41) is 14.2. The number of hydrogen-bond donors (Lipinski definition) is 3. The largest absolute Gasteiger partial charge is 0.416 e. The van der Waals surface area contributed by atoms with Crippen molar-refractivity contribution < 1.29 is 27.8 Å². The van der Waals surface area contributed by atoms with E-state index in [-0.39, 0.29) is 11.7 Å². The van der Waals surface area contributed by atoms with Gasteiger partial charge in [-0.05, 0) is 69.0 Å². The molecule has 0 bridgehead atoms. The van der Waals surface area contributed by atoms with Crippen LogP contribution in [0.15, 0.2) is 41.3 Å². The van der Waals surface area contributed by atoms with Crippen LogP contribution in [0.3, 0.4) is 0 Å². The molecule has 1 unspecified atom stereocenters. The Morgan fingerprint density at radius 3 is 2.44 bits per heavy atom. The van der Waals surface area contributed by atoms with Crippen molar-refractivity contribution in [3.8, 4) is 11.1 Å². The molecule has 244 valence electrons. The van der Waals surface area contributed by atoms with Gasteiger partial charge in [0.1, 0.15) is 6.23 Å². The second-order valence-electron chi connectivity index (χ2n) is 11.7. The lowest BCUT2D eigenvalue weighted by Gasteiger charge is -2.37. The molecule has 3 N–H and O–H groups in total. The average molecular weight is 630 g/mol. The molecule has 45 heavy (non-hydrogen) atoms. The molecule has 2 fully saturated rings. The van der Waals surface area contributed by atoms with Crippen molar-refractivity contribution in [3.05, 3.63) is 80.5 Å². The van der Waals surface area contributed by atoms with Crippen LogP contribution in [-0.4, -0.2) is 72.1 Å². The zero-order valence-electron chi connectivity index (χ0n) is 26.0. The molecule has 0 aliphatic carbocycles. The van der Waals surface area contributed by atoms with Crippen molar-refractivity contribution >= 4 is 5.69 Å². The summed E-state index contributed by atoms with van der Waals surface area (Å²) >= 11 is 0. The van der Waals surface area contributed by atoms with E-state index in [9.17, 15) is 23.1 Å². The van der Waals surface area contributed by atoms with Crippen molar-refractivity contribution in [1.29, 1.82) is 0 Å². The number of aliphatic hydroxyl groups is 1. The van der Waals surface area contributed by atoms with Crippen LogP contribution in [0.5, 0.6) is 0 Å². The number of morpholine rings is 1. The number of aliphatic hydroxyl groups excluding tert-OH is 1. The molecule has 0 radical (unpaired) electrons. The summed E-state index contributed by atoms with van der Waals surface area (Å²) in [6, 6.07) is 9.10. The number of alkyl halides is 3. The van der Waals surface area contributed by atoms with Crippen LogP contribution in [0.25, 0.3) is 11.1 Å². The van der Waals surface area contributed by atoms with Gasteiger partial charge in [-0.3, -0.25) is 20.0 Å². The highest BCUT2D eigenvalue weighted by Crippen LogP contribution is 2.36. The highest BCUT2D eigenvalue weighted by Gasteiger charge is 2.35. The Morgan fingerprint density at radius 1 is 1.09 bits per heavy atom. The van der Waals surface area contributed by atoms with Gasteiger partial charge in [0.25, 0.3) is 5.56 Å². The van der Waals surface area contributed by atoms with Gasteiger partial charge in [0, 0.05) is 86.2 Å². The summed E-state index contributed by atoms with van der Waals surface area (Å²) in [6.07, 6.45) is -2.51. The molecule has 2 aromatic heterocycles. The molecule has 3 aromatic rings. The van der Waals surface area contributed by atoms with Crippen molar-refractivity contribution in [2.45, 2.75) is 65.1 Å². The molecular formula is C33H42F3N5O4. The summed E-state index contributed by atoms with van der Waals surface area (Å²) in [6.45, 7) is 10.8. The number of aryl methyl sites for hydroxylation is 1. The number of pyridine rings is 2. The van der Waals surface area contributed by atoms with Crippen molar-refractivity contribution in [1.82, 2.24) is 20.2 Å². The van der Waals surface area contributed by atoms with Gasteiger partial charge in [0.05, 0.1) is 24.5 Å². The Hall–Kier alpha value is -3.29. The van der Waals surface area contributed by atoms with Crippen molar-refractivity contribution in [3.63, 3.8) is 0 Å². The number of rotatable bonds is 10. The number of nitrogens with one attached hydrogen (secondary N) is 2. The first-order valence-electron chi connectivity index (χ1n) is 15.5. The van der Waals surface area contributed by atoms with Gasteiger partial charge in [-0.2, -0.15) is 13.2 Å². The number of nitrogens with zero attached hydrogens (tertiary/aromatic N) is 3. The van der Waals surface area contributed by atoms with Crippen LogP contribution in [-0.2, 0) is 28.7 Å². The minimum absolute atomic E-state index is 0.113. The number of aromatic nitrogens is 2. The molecule has 5 rings (SSSR count). The standard InChI is InChI=1S/C33H42F3N5O4/c1-4-41(26-7-11-44-12-8-26)30-17-24(23-5-6-25(37-18-23)20-40-9-13-45-14-10-40)16-27(22(30)3)31(42)38-19-28-29(33(34,35)36)15-21(2)39-32(28)43/h5-6,15-18,26,31,38,42H,4,7-14,19-20H2,1-3H3,(H,39,43).